The van der Waals surface area contributed by atoms with Gasteiger partial charge >= 0.3 is 5.91 Å². The Labute approximate surface area is 151 Å². The average Bonchev–Trinajstić information content (AvgIpc) is 3.37. The van der Waals surface area contributed by atoms with Crippen LogP contribution in [0.1, 0.15) is 22.5 Å². The fraction of sp³-hybridized carbons (Fsp3) is 0.263. The van der Waals surface area contributed by atoms with E-state index in [9.17, 15) is 9.59 Å². The molecule has 7 heteroatoms. The molecule has 7 nitrogen and oxygen atoms in total. The summed E-state index contributed by atoms with van der Waals surface area (Å²) in [5, 5.41) is 2.84. The molecular formula is C19H20N2O5. The van der Waals surface area contributed by atoms with Crippen LogP contribution in [0.2, 0.25) is 0 Å². The van der Waals surface area contributed by atoms with Crippen LogP contribution >= 0.6 is 0 Å². The van der Waals surface area contributed by atoms with Crippen molar-refractivity contribution in [2.45, 2.75) is 6.42 Å². The second-order valence-corrected chi connectivity index (χ2v) is 5.66. The molecule has 0 N–H and O–H groups in total. The van der Waals surface area contributed by atoms with Gasteiger partial charge in [0.15, 0.2) is 5.76 Å². The fourth-order valence-corrected chi connectivity index (χ4v) is 2.80. The normalized spacial score (nSPS) is 14.1. The Hall–Kier alpha value is -3.22. The SMILES string of the molecule is COc1ccc(OC)c(/C=C/C(=O)N2CCCN2C(=O)c2ccco2)c1. The topological polar surface area (TPSA) is 72.2 Å². The molecule has 1 aliphatic rings. The maximum atomic E-state index is 12.6. The van der Waals surface area contributed by atoms with Gasteiger partial charge in [-0.3, -0.25) is 9.59 Å². The molecule has 1 aromatic carbocycles. The zero-order chi connectivity index (χ0) is 18.5. The third-order valence-corrected chi connectivity index (χ3v) is 4.09. The van der Waals surface area contributed by atoms with Crippen molar-refractivity contribution in [1.82, 2.24) is 10.0 Å². The van der Waals surface area contributed by atoms with Crippen LogP contribution in [0.5, 0.6) is 11.5 Å². The third kappa shape index (κ3) is 3.56. The number of amides is 2. The molecule has 0 aliphatic carbocycles. The summed E-state index contributed by atoms with van der Waals surface area (Å²) in [4.78, 5) is 25.1. The van der Waals surface area contributed by atoms with Crippen molar-refractivity contribution in [3.8, 4) is 11.5 Å². The number of hydrogen-bond acceptors (Lipinski definition) is 5. The van der Waals surface area contributed by atoms with Gasteiger partial charge in [0.2, 0.25) is 0 Å². The van der Waals surface area contributed by atoms with Crippen LogP contribution in [-0.4, -0.2) is 49.1 Å². The predicted molar refractivity (Wildman–Crippen MR) is 94.7 cm³/mol. The highest BCUT2D eigenvalue weighted by atomic mass is 16.5. The number of ether oxygens (including phenoxy) is 2. The minimum absolute atomic E-state index is 0.211. The number of carbonyl (C=O) groups is 2. The molecule has 0 radical (unpaired) electrons. The highest BCUT2D eigenvalue weighted by Gasteiger charge is 2.31. The molecule has 2 heterocycles. The van der Waals surface area contributed by atoms with E-state index in [-0.39, 0.29) is 17.6 Å². The van der Waals surface area contributed by atoms with Crippen molar-refractivity contribution >= 4 is 17.9 Å². The number of furan rings is 1. The van der Waals surface area contributed by atoms with Gasteiger partial charge in [0.25, 0.3) is 5.91 Å². The van der Waals surface area contributed by atoms with Crippen molar-refractivity contribution in [2.24, 2.45) is 0 Å². The van der Waals surface area contributed by atoms with E-state index in [1.807, 2.05) is 0 Å². The van der Waals surface area contributed by atoms with E-state index >= 15 is 0 Å². The fourth-order valence-electron chi connectivity index (χ4n) is 2.80. The number of hydrogen-bond donors (Lipinski definition) is 0. The van der Waals surface area contributed by atoms with Gasteiger partial charge in [0, 0.05) is 24.7 Å². The molecule has 136 valence electrons. The summed E-state index contributed by atoms with van der Waals surface area (Å²) in [7, 11) is 3.13. The molecule has 3 rings (SSSR count). The van der Waals surface area contributed by atoms with Gasteiger partial charge < -0.3 is 13.9 Å². The monoisotopic (exact) mass is 356 g/mol. The van der Waals surface area contributed by atoms with Crippen LogP contribution < -0.4 is 9.47 Å². The lowest BCUT2D eigenvalue weighted by Crippen LogP contribution is -2.44. The summed E-state index contributed by atoms with van der Waals surface area (Å²) in [6.45, 7) is 0.951. The van der Waals surface area contributed by atoms with Crippen molar-refractivity contribution in [3.05, 3.63) is 54.0 Å². The Morgan fingerprint density at radius 2 is 1.92 bits per heavy atom. The molecule has 0 atom stereocenters. The van der Waals surface area contributed by atoms with Crippen LogP contribution in [0.3, 0.4) is 0 Å². The van der Waals surface area contributed by atoms with Crippen molar-refractivity contribution < 1.29 is 23.5 Å². The number of rotatable bonds is 5. The third-order valence-electron chi connectivity index (χ3n) is 4.09. The van der Waals surface area contributed by atoms with E-state index in [0.29, 0.717) is 36.6 Å². The Morgan fingerprint density at radius 1 is 1.12 bits per heavy atom. The lowest BCUT2D eigenvalue weighted by Gasteiger charge is -2.26. The molecule has 0 bridgehead atoms. The minimum atomic E-state index is -0.326. The highest BCUT2D eigenvalue weighted by Crippen LogP contribution is 2.25. The molecule has 0 spiro atoms. The zero-order valence-corrected chi connectivity index (χ0v) is 14.7. The summed E-state index contributed by atoms with van der Waals surface area (Å²) in [5.41, 5.74) is 0.711. The summed E-state index contributed by atoms with van der Waals surface area (Å²) in [5.74, 6) is 0.886. The summed E-state index contributed by atoms with van der Waals surface area (Å²) >= 11 is 0. The average molecular weight is 356 g/mol. The van der Waals surface area contributed by atoms with E-state index < -0.39 is 0 Å². The Bertz CT molecular complexity index is 813. The van der Waals surface area contributed by atoms with Gasteiger partial charge in [0.1, 0.15) is 11.5 Å². The number of methoxy groups -OCH3 is 2. The predicted octanol–water partition coefficient (Wildman–Crippen LogP) is 2.60. The van der Waals surface area contributed by atoms with E-state index in [0.717, 1.165) is 0 Å². The summed E-state index contributed by atoms with van der Waals surface area (Å²) in [6.07, 6.45) is 5.22. The Balaban J connectivity index is 1.77. The molecule has 1 fully saturated rings. The van der Waals surface area contributed by atoms with Gasteiger partial charge in [-0.25, -0.2) is 10.0 Å². The van der Waals surface area contributed by atoms with Gasteiger partial charge in [-0.1, -0.05) is 0 Å². The molecule has 0 unspecified atom stereocenters. The molecule has 2 aromatic rings. The largest absolute Gasteiger partial charge is 0.497 e. The van der Waals surface area contributed by atoms with Gasteiger partial charge in [-0.05, 0) is 42.8 Å². The standard InChI is InChI=1S/C19H20N2O5/c1-24-15-7-8-16(25-2)14(13-15)6-9-18(22)20-10-4-11-21(20)19(23)17-5-3-12-26-17/h3,5-9,12-13H,4,10-11H2,1-2H3/b9-6+. The van der Waals surface area contributed by atoms with Crippen LogP contribution in [0.4, 0.5) is 0 Å². The first-order valence-electron chi connectivity index (χ1n) is 8.21. The number of nitrogens with zero attached hydrogens (tertiary/aromatic N) is 2. The van der Waals surface area contributed by atoms with Crippen LogP contribution in [0, 0.1) is 0 Å². The lowest BCUT2D eigenvalue weighted by atomic mass is 10.1. The maximum absolute atomic E-state index is 12.6. The van der Waals surface area contributed by atoms with Crippen LogP contribution in [0.15, 0.2) is 47.1 Å². The first-order chi connectivity index (χ1) is 12.6. The van der Waals surface area contributed by atoms with Gasteiger partial charge in [0.05, 0.1) is 20.5 Å². The van der Waals surface area contributed by atoms with E-state index in [2.05, 4.69) is 0 Å². The first kappa shape index (κ1) is 17.6. The molecule has 2 amide bonds. The highest BCUT2D eigenvalue weighted by molar-refractivity contribution is 5.97. The Morgan fingerprint density at radius 3 is 2.62 bits per heavy atom. The molecule has 1 aliphatic heterocycles. The van der Waals surface area contributed by atoms with Gasteiger partial charge in [-0.2, -0.15) is 0 Å². The number of hydrazine groups is 1. The molecule has 26 heavy (non-hydrogen) atoms. The van der Waals surface area contributed by atoms with Crippen LogP contribution in [0.25, 0.3) is 6.08 Å². The molecule has 0 saturated carbocycles. The lowest BCUT2D eigenvalue weighted by molar-refractivity contribution is -0.135. The summed E-state index contributed by atoms with van der Waals surface area (Å²) < 4.78 is 15.6. The van der Waals surface area contributed by atoms with Gasteiger partial charge in [-0.15, -0.1) is 0 Å². The number of benzene rings is 1. The quantitative estimate of drug-likeness (QED) is 0.770. The Kier molecular flexibility index (Phi) is 5.26. The van der Waals surface area contributed by atoms with E-state index in [4.69, 9.17) is 13.9 Å². The molecule has 1 aromatic heterocycles. The van der Waals surface area contributed by atoms with Crippen molar-refractivity contribution in [2.75, 3.05) is 27.3 Å². The summed E-state index contributed by atoms with van der Waals surface area (Å²) in [6, 6.07) is 8.55. The smallest absolute Gasteiger partial charge is 0.308 e. The molecular weight excluding hydrogens is 336 g/mol. The number of carbonyl (C=O) groups excluding carboxylic acids is 2. The second-order valence-electron chi connectivity index (χ2n) is 5.66. The maximum Gasteiger partial charge on any atom is 0.308 e. The van der Waals surface area contributed by atoms with E-state index in [1.54, 1.807) is 50.6 Å². The zero-order valence-electron chi connectivity index (χ0n) is 14.7. The van der Waals surface area contributed by atoms with Crippen molar-refractivity contribution in [3.63, 3.8) is 0 Å². The first-order valence-corrected chi connectivity index (χ1v) is 8.21. The van der Waals surface area contributed by atoms with E-state index in [1.165, 1.54) is 22.4 Å². The van der Waals surface area contributed by atoms with Crippen LogP contribution in [-0.2, 0) is 4.79 Å². The second kappa shape index (κ2) is 7.77. The minimum Gasteiger partial charge on any atom is -0.497 e. The molecule has 1 saturated heterocycles. The van der Waals surface area contributed by atoms with Crippen molar-refractivity contribution in [1.29, 1.82) is 0 Å².